The first-order valence-corrected chi connectivity index (χ1v) is 5.07. The topological polar surface area (TPSA) is 29.5 Å². The Bertz CT molecular complexity index is 271. The first kappa shape index (κ1) is 11.1. The molecule has 0 aromatic heterocycles. The molecular weight excluding hydrogens is 176 g/mol. The van der Waals surface area contributed by atoms with E-state index in [-0.39, 0.29) is 6.10 Å². The maximum absolute atomic E-state index is 9.63. The van der Waals surface area contributed by atoms with Gasteiger partial charge >= 0.3 is 0 Å². The van der Waals surface area contributed by atoms with Gasteiger partial charge in [0, 0.05) is 0 Å². The summed E-state index contributed by atoms with van der Waals surface area (Å²) < 4.78 is 5.11. The van der Waals surface area contributed by atoms with E-state index < -0.39 is 0 Å². The SMILES string of the molecule is CCC[C@@H](O)Cc1cccc(OC)c1. The van der Waals surface area contributed by atoms with Gasteiger partial charge in [0.05, 0.1) is 13.2 Å². The Morgan fingerprint density at radius 3 is 2.86 bits per heavy atom. The molecule has 0 heterocycles. The highest BCUT2D eigenvalue weighted by molar-refractivity contribution is 5.28. The molecule has 0 aliphatic heterocycles. The normalized spacial score (nSPS) is 12.5. The van der Waals surface area contributed by atoms with Crippen molar-refractivity contribution in [2.45, 2.75) is 32.3 Å². The molecule has 0 fully saturated rings. The highest BCUT2D eigenvalue weighted by Gasteiger charge is 2.04. The van der Waals surface area contributed by atoms with Crippen molar-refractivity contribution in [2.24, 2.45) is 0 Å². The maximum atomic E-state index is 9.63. The van der Waals surface area contributed by atoms with E-state index in [9.17, 15) is 5.11 Å². The molecule has 0 aliphatic rings. The zero-order valence-corrected chi connectivity index (χ0v) is 8.86. The van der Waals surface area contributed by atoms with Gasteiger partial charge in [0.1, 0.15) is 5.75 Å². The van der Waals surface area contributed by atoms with Crippen molar-refractivity contribution < 1.29 is 9.84 Å². The van der Waals surface area contributed by atoms with Crippen LogP contribution in [0.25, 0.3) is 0 Å². The van der Waals surface area contributed by atoms with E-state index in [2.05, 4.69) is 6.92 Å². The van der Waals surface area contributed by atoms with Crippen LogP contribution in [0.5, 0.6) is 5.75 Å². The van der Waals surface area contributed by atoms with Crippen molar-refractivity contribution in [3.63, 3.8) is 0 Å². The summed E-state index contributed by atoms with van der Waals surface area (Å²) in [5.41, 5.74) is 1.13. The molecule has 0 bridgehead atoms. The summed E-state index contributed by atoms with van der Waals surface area (Å²) in [4.78, 5) is 0. The van der Waals surface area contributed by atoms with Gasteiger partial charge in [0.25, 0.3) is 0 Å². The van der Waals surface area contributed by atoms with Gasteiger partial charge in [-0.25, -0.2) is 0 Å². The fraction of sp³-hybridized carbons (Fsp3) is 0.500. The predicted molar refractivity (Wildman–Crippen MR) is 57.6 cm³/mol. The van der Waals surface area contributed by atoms with Crippen molar-refractivity contribution in [1.82, 2.24) is 0 Å². The van der Waals surface area contributed by atoms with Crippen molar-refractivity contribution in [3.8, 4) is 5.75 Å². The minimum absolute atomic E-state index is 0.230. The van der Waals surface area contributed by atoms with Gasteiger partial charge in [-0.2, -0.15) is 0 Å². The molecule has 2 heteroatoms. The molecule has 0 amide bonds. The summed E-state index contributed by atoms with van der Waals surface area (Å²) in [6.07, 6.45) is 2.36. The summed E-state index contributed by atoms with van der Waals surface area (Å²) in [5, 5.41) is 9.63. The van der Waals surface area contributed by atoms with E-state index in [1.807, 2.05) is 24.3 Å². The Kier molecular flexibility index (Phi) is 4.47. The molecule has 1 rings (SSSR count). The number of methoxy groups -OCH3 is 1. The van der Waals surface area contributed by atoms with Crippen LogP contribution in [0.15, 0.2) is 24.3 Å². The van der Waals surface area contributed by atoms with Crippen molar-refractivity contribution in [3.05, 3.63) is 29.8 Å². The van der Waals surface area contributed by atoms with Gasteiger partial charge < -0.3 is 9.84 Å². The third kappa shape index (κ3) is 3.38. The second-order valence-corrected chi connectivity index (χ2v) is 3.50. The predicted octanol–water partition coefficient (Wildman–Crippen LogP) is 2.40. The summed E-state index contributed by atoms with van der Waals surface area (Å²) in [5.74, 6) is 0.853. The average molecular weight is 194 g/mol. The quantitative estimate of drug-likeness (QED) is 0.780. The Labute approximate surface area is 85.5 Å². The molecular formula is C12H18O2. The molecule has 1 atom stereocenters. The van der Waals surface area contributed by atoms with Crippen molar-refractivity contribution in [2.75, 3.05) is 7.11 Å². The molecule has 1 aromatic rings. The monoisotopic (exact) mass is 194 g/mol. The largest absolute Gasteiger partial charge is 0.497 e. The summed E-state index contributed by atoms with van der Waals surface area (Å²) in [6, 6.07) is 7.85. The summed E-state index contributed by atoms with van der Waals surface area (Å²) in [6.45, 7) is 2.08. The van der Waals surface area contributed by atoms with Crippen LogP contribution in [0, 0.1) is 0 Å². The number of aliphatic hydroxyl groups excluding tert-OH is 1. The van der Waals surface area contributed by atoms with Gasteiger partial charge in [-0.15, -0.1) is 0 Å². The zero-order chi connectivity index (χ0) is 10.4. The molecule has 0 spiro atoms. The van der Waals surface area contributed by atoms with Crippen LogP contribution in [0.2, 0.25) is 0 Å². The lowest BCUT2D eigenvalue weighted by Gasteiger charge is -2.09. The van der Waals surface area contributed by atoms with Gasteiger partial charge in [-0.05, 0) is 30.5 Å². The Balaban J connectivity index is 2.57. The average Bonchev–Trinajstić information content (AvgIpc) is 2.18. The molecule has 1 N–H and O–H groups in total. The van der Waals surface area contributed by atoms with Gasteiger partial charge in [0.2, 0.25) is 0 Å². The molecule has 14 heavy (non-hydrogen) atoms. The minimum Gasteiger partial charge on any atom is -0.497 e. The highest BCUT2D eigenvalue weighted by Crippen LogP contribution is 2.15. The molecule has 78 valence electrons. The third-order valence-electron chi connectivity index (χ3n) is 2.23. The van der Waals surface area contributed by atoms with E-state index in [0.29, 0.717) is 6.42 Å². The second-order valence-electron chi connectivity index (χ2n) is 3.50. The van der Waals surface area contributed by atoms with Gasteiger partial charge in [-0.3, -0.25) is 0 Å². The van der Waals surface area contributed by atoms with Crippen LogP contribution >= 0.6 is 0 Å². The molecule has 0 saturated heterocycles. The van der Waals surface area contributed by atoms with Crippen molar-refractivity contribution in [1.29, 1.82) is 0 Å². The van der Waals surface area contributed by atoms with Gasteiger partial charge in [-0.1, -0.05) is 25.5 Å². The lowest BCUT2D eigenvalue weighted by Crippen LogP contribution is -2.09. The van der Waals surface area contributed by atoms with Crippen LogP contribution in [-0.4, -0.2) is 18.3 Å². The number of benzene rings is 1. The summed E-state index contributed by atoms with van der Waals surface area (Å²) in [7, 11) is 1.65. The number of rotatable bonds is 5. The number of hydrogen-bond acceptors (Lipinski definition) is 2. The standard InChI is InChI=1S/C12H18O2/c1-3-5-11(13)8-10-6-4-7-12(9-10)14-2/h4,6-7,9,11,13H,3,5,8H2,1-2H3/t11-/m1/s1. The third-order valence-corrected chi connectivity index (χ3v) is 2.23. The highest BCUT2D eigenvalue weighted by atomic mass is 16.5. The molecule has 1 aromatic carbocycles. The molecule has 0 unspecified atom stereocenters. The molecule has 0 saturated carbocycles. The zero-order valence-electron chi connectivity index (χ0n) is 8.86. The molecule has 0 radical (unpaired) electrons. The minimum atomic E-state index is -0.230. The Morgan fingerprint density at radius 2 is 2.21 bits per heavy atom. The molecule has 2 nitrogen and oxygen atoms in total. The van der Waals surface area contributed by atoms with Crippen LogP contribution in [0.4, 0.5) is 0 Å². The van der Waals surface area contributed by atoms with E-state index in [1.165, 1.54) is 0 Å². The molecule has 0 aliphatic carbocycles. The Morgan fingerprint density at radius 1 is 1.43 bits per heavy atom. The van der Waals surface area contributed by atoms with Crippen LogP contribution < -0.4 is 4.74 Å². The number of aliphatic hydroxyl groups is 1. The lowest BCUT2D eigenvalue weighted by molar-refractivity contribution is 0.164. The number of ether oxygens (including phenoxy) is 1. The summed E-state index contributed by atoms with van der Waals surface area (Å²) >= 11 is 0. The van der Waals surface area contributed by atoms with Crippen LogP contribution in [-0.2, 0) is 6.42 Å². The van der Waals surface area contributed by atoms with Crippen molar-refractivity contribution >= 4 is 0 Å². The fourth-order valence-corrected chi connectivity index (χ4v) is 1.51. The smallest absolute Gasteiger partial charge is 0.119 e. The number of hydrogen-bond donors (Lipinski definition) is 1. The van der Waals surface area contributed by atoms with Crippen LogP contribution in [0.1, 0.15) is 25.3 Å². The van der Waals surface area contributed by atoms with E-state index in [4.69, 9.17) is 4.74 Å². The van der Waals surface area contributed by atoms with E-state index >= 15 is 0 Å². The Hall–Kier alpha value is -1.02. The van der Waals surface area contributed by atoms with E-state index in [1.54, 1.807) is 7.11 Å². The first-order valence-electron chi connectivity index (χ1n) is 5.07. The lowest BCUT2D eigenvalue weighted by atomic mass is 10.0. The fourth-order valence-electron chi connectivity index (χ4n) is 1.51. The van der Waals surface area contributed by atoms with Crippen LogP contribution in [0.3, 0.4) is 0 Å². The van der Waals surface area contributed by atoms with E-state index in [0.717, 1.165) is 24.2 Å². The first-order chi connectivity index (χ1) is 6.76. The second kappa shape index (κ2) is 5.66. The van der Waals surface area contributed by atoms with Gasteiger partial charge in [0.15, 0.2) is 0 Å². The maximum Gasteiger partial charge on any atom is 0.119 e.